The molecule has 1 heterocycles. The molecule has 0 aliphatic heterocycles. The maximum atomic E-state index is 13.0. The molecule has 9 heteroatoms. The number of para-hydroxylation sites is 1. The third kappa shape index (κ3) is 4.71. The molecule has 0 spiro atoms. The summed E-state index contributed by atoms with van der Waals surface area (Å²) in [7, 11) is 1.42. The van der Waals surface area contributed by atoms with Gasteiger partial charge in [0.2, 0.25) is 5.91 Å². The molecule has 0 aliphatic rings. The molecule has 7 nitrogen and oxygen atoms in total. The number of hydrogen-bond donors (Lipinski definition) is 2. The second kappa shape index (κ2) is 8.90. The first-order valence-corrected chi connectivity index (χ1v) is 9.72. The van der Waals surface area contributed by atoms with Gasteiger partial charge < -0.3 is 5.32 Å². The van der Waals surface area contributed by atoms with Gasteiger partial charge in [-0.3, -0.25) is 19.5 Å². The summed E-state index contributed by atoms with van der Waals surface area (Å²) in [6.07, 6.45) is 0. The number of imide groups is 1. The fourth-order valence-electron chi connectivity index (χ4n) is 2.52. The van der Waals surface area contributed by atoms with Crippen LogP contribution in [-0.2, 0) is 11.3 Å². The highest BCUT2D eigenvalue weighted by Crippen LogP contribution is 2.19. The van der Waals surface area contributed by atoms with E-state index in [0.29, 0.717) is 21.1 Å². The number of amides is 3. The normalized spacial score (nSPS) is 10.6. The van der Waals surface area contributed by atoms with Crippen LogP contribution in [0.15, 0.2) is 58.5 Å². The maximum absolute atomic E-state index is 13.0. The highest BCUT2D eigenvalue weighted by atomic mass is 35.5. The predicted octanol–water partition coefficient (Wildman–Crippen LogP) is 2.65. The van der Waals surface area contributed by atoms with Crippen molar-refractivity contribution < 1.29 is 9.59 Å². The van der Waals surface area contributed by atoms with Crippen molar-refractivity contribution in [2.24, 2.45) is 0 Å². The first-order valence-electron chi connectivity index (χ1n) is 8.36. The van der Waals surface area contributed by atoms with Crippen molar-refractivity contribution in [1.29, 1.82) is 0 Å². The summed E-state index contributed by atoms with van der Waals surface area (Å²) in [5.41, 5.74) is 1.23. The van der Waals surface area contributed by atoms with Crippen LogP contribution in [0, 0.1) is 0 Å². The van der Waals surface area contributed by atoms with Crippen molar-refractivity contribution in [2.45, 2.75) is 11.7 Å². The number of rotatable bonds is 5. The summed E-state index contributed by atoms with van der Waals surface area (Å²) in [5.74, 6) is -0.538. The molecule has 0 unspecified atom stereocenters. The van der Waals surface area contributed by atoms with Crippen LogP contribution in [0.5, 0.6) is 0 Å². The Bertz CT molecular complexity index is 1080. The van der Waals surface area contributed by atoms with E-state index in [4.69, 9.17) is 11.6 Å². The van der Waals surface area contributed by atoms with Crippen molar-refractivity contribution >= 4 is 46.2 Å². The zero-order valence-corrected chi connectivity index (χ0v) is 16.5. The minimum atomic E-state index is -0.587. The van der Waals surface area contributed by atoms with Crippen molar-refractivity contribution in [2.75, 3.05) is 12.8 Å². The van der Waals surface area contributed by atoms with Crippen molar-refractivity contribution in [3.63, 3.8) is 0 Å². The molecule has 2 N–H and O–H groups in total. The van der Waals surface area contributed by atoms with E-state index in [9.17, 15) is 14.4 Å². The second-order valence-electron chi connectivity index (χ2n) is 5.85. The third-order valence-corrected chi connectivity index (χ3v) is 5.12. The zero-order chi connectivity index (χ0) is 20.1. The molecule has 0 saturated heterocycles. The molecular formula is C19H17ClN4O3S. The molecule has 1 aromatic heterocycles. The number of nitrogens with one attached hydrogen (secondary N) is 2. The van der Waals surface area contributed by atoms with E-state index in [2.05, 4.69) is 15.6 Å². The molecule has 0 aliphatic carbocycles. The van der Waals surface area contributed by atoms with Gasteiger partial charge in [0.05, 0.1) is 23.2 Å². The number of halogens is 1. The van der Waals surface area contributed by atoms with Gasteiger partial charge >= 0.3 is 6.03 Å². The Hall–Kier alpha value is -2.84. The number of carbonyl (C=O) groups is 2. The largest absolute Gasteiger partial charge is 0.341 e. The van der Waals surface area contributed by atoms with E-state index in [0.717, 1.165) is 17.3 Å². The Morgan fingerprint density at radius 1 is 1.14 bits per heavy atom. The van der Waals surface area contributed by atoms with E-state index in [1.54, 1.807) is 36.4 Å². The monoisotopic (exact) mass is 416 g/mol. The zero-order valence-electron chi connectivity index (χ0n) is 14.9. The molecule has 3 rings (SSSR count). The van der Waals surface area contributed by atoms with Crippen LogP contribution >= 0.6 is 23.4 Å². The summed E-state index contributed by atoms with van der Waals surface area (Å²) in [5, 5.41) is 6.00. The van der Waals surface area contributed by atoms with Crippen LogP contribution in [0.25, 0.3) is 10.9 Å². The van der Waals surface area contributed by atoms with E-state index in [1.807, 2.05) is 12.1 Å². The Balaban J connectivity index is 1.94. The summed E-state index contributed by atoms with van der Waals surface area (Å²) in [6.45, 7) is 0.285. The van der Waals surface area contributed by atoms with Crippen molar-refractivity contribution in [3.8, 4) is 0 Å². The molecule has 0 saturated carbocycles. The first kappa shape index (κ1) is 19.9. The number of nitrogens with zero attached hydrogens (tertiary/aromatic N) is 2. The Morgan fingerprint density at radius 2 is 1.86 bits per heavy atom. The Kier molecular flexibility index (Phi) is 6.33. The molecule has 0 bridgehead atoms. The van der Waals surface area contributed by atoms with Gasteiger partial charge in [0.1, 0.15) is 0 Å². The molecule has 0 atom stereocenters. The lowest BCUT2D eigenvalue weighted by Gasteiger charge is -2.13. The van der Waals surface area contributed by atoms with Crippen LogP contribution in [0.3, 0.4) is 0 Å². The fourth-order valence-corrected chi connectivity index (χ4v) is 3.45. The number of hydrogen-bond acceptors (Lipinski definition) is 5. The lowest BCUT2D eigenvalue weighted by Crippen LogP contribution is -2.38. The molecule has 2 aromatic carbocycles. The average molecular weight is 417 g/mol. The van der Waals surface area contributed by atoms with Gasteiger partial charge in [-0.15, -0.1) is 0 Å². The van der Waals surface area contributed by atoms with E-state index >= 15 is 0 Å². The van der Waals surface area contributed by atoms with Gasteiger partial charge in [0, 0.05) is 12.1 Å². The minimum absolute atomic E-state index is 0.0567. The number of carbonyl (C=O) groups excluding carboxylic acids is 2. The predicted molar refractivity (Wildman–Crippen MR) is 110 cm³/mol. The second-order valence-corrected chi connectivity index (χ2v) is 7.22. The van der Waals surface area contributed by atoms with Crippen LogP contribution in [0.4, 0.5) is 4.79 Å². The molecule has 0 radical (unpaired) electrons. The lowest BCUT2D eigenvalue weighted by molar-refractivity contribution is -0.117. The number of benzene rings is 2. The summed E-state index contributed by atoms with van der Waals surface area (Å²) >= 11 is 7.02. The van der Waals surface area contributed by atoms with Gasteiger partial charge in [-0.25, -0.2) is 9.78 Å². The SMILES string of the molecule is CNC(=O)NC(=O)CSc1nc2ccccc2c(=O)n1Cc1ccc(Cl)cc1. The topological polar surface area (TPSA) is 93.1 Å². The standard InChI is InChI=1S/C19H17ClN4O3S/c1-21-18(27)23-16(25)11-28-19-22-15-5-3-2-4-14(15)17(26)24(19)10-12-6-8-13(20)9-7-12/h2-9H,10-11H2,1H3,(H2,21,23,25,27). The van der Waals surface area contributed by atoms with Crippen LogP contribution in [0.1, 0.15) is 5.56 Å². The highest BCUT2D eigenvalue weighted by Gasteiger charge is 2.14. The van der Waals surface area contributed by atoms with E-state index in [1.165, 1.54) is 11.6 Å². The lowest BCUT2D eigenvalue weighted by atomic mass is 10.2. The van der Waals surface area contributed by atoms with Crippen LogP contribution in [0.2, 0.25) is 5.02 Å². The molecule has 0 fully saturated rings. The summed E-state index contributed by atoms with van der Waals surface area (Å²) < 4.78 is 1.52. The number of urea groups is 1. The number of aromatic nitrogens is 2. The first-order chi connectivity index (χ1) is 13.5. The smallest absolute Gasteiger partial charge is 0.321 e. The van der Waals surface area contributed by atoms with Gasteiger partial charge in [0.15, 0.2) is 5.16 Å². The van der Waals surface area contributed by atoms with Crippen molar-refractivity contribution in [3.05, 3.63) is 69.5 Å². The van der Waals surface area contributed by atoms with E-state index < -0.39 is 11.9 Å². The quantitative estimate of drug-likeness (QED) is 0.492. The van der Waals surface area contributed by atoms with Crippen LogP contribution < -0.4 is 16.2 Å². The van der Waals surface area contributed by atoms with Crippen LogP contribution in [-0.4, -0.2) is 34.3 Å². The molecule has 28 heavy (non-hydrogen) atoms. The van der Waals surface area contributed by atoms with Gasteiger partial charge in [0.25, 0.3) is 5.56 Å². The van der Waals surface area contributed by atoms with E-state index in [-0.39, 0.29) is 17.9 Å². The minimum Gasteiger partial charge on any atom is -0.341 e. The summed E-state index contributed by atoms with van der Waals surface area (Å²) in [4.78, 5) is 40.7. The average Bonchev–Trinajstić information content (AvgIpc) is 2.70. The molecule has 3 aromatic rings. The van der Waals surface area contributed by atoms with Crippen molar-refractivity contribution in [1.82, 2.24) is 20.2 Å². The third-order valence-electron chi connectivity index (χ3n) is 3.89. The fraction of sp³-hybridized carbons (Fsp3) is 0.158. The highest BCUT2D eigenvalue weighted by molar-refractivity contribution is 7.99. The van der Waals surface area contributed by atoms with Gasteiger partial charge in [-0.1, -0.05) is 47.6 Å². The summed E-state index contributed by atoms with van der Waals surface area (Å²) in [6, 6.07) is 13.6. The van der Waals surface area contributed by atoms with Gasteiger partial charge in [-0.2, -0.15) is 0 Å². The maximum Gasteiger partial charge on any atom is 0.321 e. The molecular weight excluding hydrogens is 400 g/mol. The molecule has 144 valence electrons. The number of thioether (sulfide) groups is 1. The van der Waals surface area contributed by atoms with Gasteiger partial charge in [-0.05, 0) is 29.8 Å². The molecule has 3 amide bonds. The Labute approximate surface area is 170 Å². The number of fused-ring (bicyclic) bond motifs is 1. The Morgan fingerprint density at radius 3 is 2.57 bits per heavy atom.